The highest BCUT2D eigenvalue weighted by atomic mass is 16.5. The predicted octanol–water partition coefficient (Wildman–Crippen LogP) is 2.19. The molecule has 0 saturated heterocycles. The fourth-order valence-electron chi connectivity index (χ4n) is 0.439. The number of unbranched alkanes of at least 4 members (excludes halogenated alkanes) is 1. The molecule has 1 atom stereocenters. The Morgan fingerprint density at radius 3 is 2.78 bits per heavy atom. The van der Waals surface area contributed by atoms with Crippen molar-refractivity contribution in [1.82, 2.24) is 0 Å². The van der Waals surface area contributed by atoms with Gasteiger partial charge in [0.05, 0.1) is 6.10 Å². The highest BCUT2D eigenvalue weighted by molar-refractivity contribution is 4.74. The summed E-state index contributed by atoms with van der Waals surface area (Å²) >= 11 is 0. The van der Waals surface area contributed by atoms with Crippen LogP contribution in [0.5, 0.6) is 0 Å². The number of ether oxygens (including phenoxy) is 1. The lowest BCUT2D eigenvalue weighted by Crippen LogP contribution is -2.04. The van der Waals surface area contributed by atoms with Crippen molar-refractivity contribution in [2.45, 2.75) is 25.9 Å². The molecule has 0 saturated carbocycles. The first kappa shape index (κ1) is 8.70. The quantitative estimate of drug-likeness (QED) is 0.406. The normalized spacial score (nSPS) is 13.1. The molecule has 0 rings (SSSR count). The summed E-state index contributed by atoms with van der Waals surface area (Å²) < 4.78 is 5.27. The van der Waals surface area contributed by atoms with Crippen molar-refractivity contribution in [1.29, 1.82) is 0 Å². The van der Waals surface area contributed by atoms with Crippen LogP contribution in [0.3, 0.4) is 0 Å². The van der Waals surface area contributed by atoms with Crippen LogP contribution in [0.4, 0.5) is 0 Å². The molecule has 0 fully saturated rings. The standard InChI is InChI=1S/C8H15O/c1-4-6-7-9-8(3)5-2/h5,8H,1-2,4,6-7H2,3H3. The Morgan fingerprint density at radius 1 is 1.67 bits per heavy atom. The van der Waals surface area contributed by atoms with Crippen molar-refractivity contribution < 1.29 is 4.74 Å². The van der Waals surface area contributed by atoms with E-state index in [1.807, 2.05) is 6.92 Å². The van der Waals surface area contributed by atoms with Gasteiger partial charge in [-0.2, -0.15) is 0 Å². The molecule has 0 aliphatic heterocycles. The van der Waals surface area contributed by atoms with E-state index in [0.717, 1.165) is 19.4 Å². The van der Waals surface area contributed by atoms with Gasteiger partial charge < -0.3 is 4.74 Å². The van der Waals surface area contributed by atoms with Crippen LogP contribution in [0.2, 0.25) is 0 Å². The van der Waals surface area contributed by atoms with Gasteiger partial charge in [-0.05, 0) is 13.3 Å². The molecule has 1 unspecified atom stereocenters. The Hall–Kier alpha value is -0.300. The zero-order valence-corrected chi connectivity index (χ0v) is 6.10. The second-order valence-electron chi connectivity index (χ2n) is 2.02. The van der Waals surface area contributed by atoms with E-state index < -0.39 is 0 Å². The van der Waals surface area contributed by atoms with Crippen LogP contribution in [0.25, 0.3) is 0 Å². The van der Waals surface area contributed by atoms with Gasteiger partial charge in [0.2, 0.25) is 0 Å². The Morgan fingerprint density at radius 2 is 2.33 bits per heavy atom. The lowest BCUT2D eigenvalue weighted by molar-refractivity contribution is 0.0961. The maximum atomic E-state index is 5.27. The summed E-state index contributed by atoms with van der Waals surface area (Å²) in [5.74, 6) is 0. The fourth-order valence-corrected chi connectivity index (χ4v) is 0.439. The SMILES string of the molecule is [CH2]CCCOC(C)C=C. The van der Waals surface area contributed by atoms with E-state index in [-0.39, 0.29) is 6.10 Å². The maximum absolute atomic E-state index is 5.27. The Bertz CT molecular complexity index is 69.0. The summed E-state index contributed by atoms with van der Waals surface area (Å²) in [6.45, 7) is 10.1. The third-order valence-corrected chi connectivity index (χ3v) is 1.11. The van der Waals surface area contributed by atoms with Gasteiger partial charge in [-0.15, -0.1) is 6.58 Å². The van der Waals surface area contributed by atoms with E-state index in [0.29, 0.717) is 0 Å². The fraction of sp³-hybridized carbons (Fsp3) is 0.625. The topological polar surface area (TPSA) is 9.23 Å². The minimum Gasteiger partial charge on any atom is -0.374 e. The van der Waals surface area contributed by atoms with Crippen LogP contribution in [0, 0.1) is 6.92 Å². The van der Waals surface area contributed by atoms with Crippen molar-refractivity contribution in [2.75, 3.05) is 6.61 Å². The second-order valence-corrected chi connectivity index (χ2v) is 2.02. The third kappa shape index (κ3) is 5.57. The van der Waals surface area contributed by atoms with Crippen LogP contribution in [-0.4, -0.2) is 12.7 Å². The first-order valence-corrected chi connectivity index (χ1v) is 3.34. The molecule has 1 nitrogen and oxygen atoms in total. The minimum atomic E-state index is 0.191. The Kier molecular flexibility index (Phi) is 5.64. The molecule has 0 heterocycles. The van der Waals surface area contributed by atoms with Crippen molar-refractivity contribution in [3.63, 3.8) is 0 Å². The molecular weight excluding hydrogens is 112 g/mol. The smallest absolute Gasteiger partial charge is 0.0725 e. The average molecular weight is 127 g/mol. The number of hydrogen-bond donors (Lipinski definition) is 0. The van der Waals surface area contributed by atoms with Crippen molar-refractivity contribution in [3.05, 3.63) is 19.6 Å². The zero-order valence-electron chi connectivity index (χ0n) is 6.10. The van der Waals surface area contributed by atoms with Gasteiger partial charge in [0.15, 0.2) is 0 Å². The highest BCUT2D eigenvalue weighted by Gasteiger charge is 1.91. The lowest BCUT2D eigenvalue weighted by Gasteiger charge is -2.05. The van der Waals surface area contributed by atoms with E-state index in [1.54, 1.807) is 6.08 Å². The van der Waals surface area contributed by atoms with Gasteiger partial charge in [0.1, 0.15) is 0 Å². The first-order valence-electron chi connectivity index (χ1n) is 3.34. The van der Waals surface area contributed by atoms with E-state index in [9.17, 15) is 0 Å². The van der Waals surface area contributed by atoms with Gasteiger partial charge in [0.25, 0.3) is 0 Å². The van der Waals surface area contributed by atoms with Crippen LogP contribution in [-0.2, 0) is 4.74 Å². The highest BCUT2D eigenvalue weighted by Crippen LogP contribution is 1.94. The molecule has 0 aromatic rings. The largest absolute Gasteiger partial charge is 0.374 e. The molecule has 0 aromatic carbocycles. The lowest BCUT2D eigenvalue weighted by atomic mass is 10.3. The second kappa shape index (κ2) is 5.83. The summed E-state index contributed by atoms with van der Waals surface area (Å²) in [7, 11) is 0. The predicted molar refractivity (Wildman–Crippen MR) is 40.2 cm³/mol. The van der Waals surface area contributed by atoms with Crippen molar-refractivity contribution in [2.24, 2.45) is 0 Å². The zero-order chi connectivity index (χ0) is 7.11. The summed E-state index contributed by atoms with van der Waals surface area (Å²) in [5.41, 5.74) is 0. The minimum absolute atomic E-state index is 0.191. The molecule has 0 aliphatic carbocycles. The van der Waals surface area contributed by atoms with Crippen LogP contribution in [0.15, 0.2) is 12.7 Å². The van der Waals surface area contributed by atoms with E-state index in [4.69, 9.17) is 4.74 Å². The van der Waals surface area contributed by atoms with Gasteiger partial charge >= 0.3 is 0 Å². The molecule has 9 heavy (non-hydrogen) atoms. The molecule has 1 heteroatoms. The molecule has 0 bridgehead atoms. The molecule has 1 radical (unpaired) electrons. The molecule has 0 aromatic heterocycles. The molecule has 0 spiro atoms. The van der Waals surface area contributed by atoms with E-state index >= 15 is 0 Å². The summed E-state index contributed by atoms with van der Waals surface area (Å²) in [5, 5.41) is 0. The summed E-state index contributed by atoms with van der Waals surface area (Å²) in [6.07, 6.45) is 3.97. The van der Waals surface area contributed by atoms with Gasteiger partial charge in [-0.3, -0.25) is 0 Å². The first-order chi connectivity index (χ1) is 4.31. The molecule has 0 N–H and O–H groups in total. The maximum Gasteiger partial charge on any atom is 0.0725 e. The molecular formula is C8H15O. The molecule has 53 valence electrons. The van der Waals surface area contributed by atoms with Crippen LogP contribution in [0.1, 0.15) is 19.8 Å². The van der Waals surface area contributed by atoms with Crippen LogP contribution < -0.4 is 0 Å². The van der Waals surface area contributed by atoms with E-state index in [1.165, 1.54) is 0 Å². The third-order valence-electron chi connectivity index (χ3n) is 1.11. The summed E-state index contributed by atoms with van der Waals surface area (Å²) in [6, 6.07) is 0. The Labute approximate surface area is 57.7 Å². The molecule has 0 aliphatic rings. The van der Waals surface area contributed by atoms with Crippen LogP contribution >= 0.6 is 0 Å². The summed E-state index contributed by atoms with van der Waals surface area (Å²) in [4.78, 5) is 0. The van der Waals surface area contributed by atoms with Gasteiger partial charge in [-0.25, -0.2) is 0 Å². The van der Waals surface area contributed by atoms with Gasteiger partial charge in [0, 0.05) is 6.61 Å². The van der Waals surface area contributed by atoms with Gasteiger partial charge in [-0.1, -0.05) is 19.4 Å². The number of hydrogen-bond acceptors (Lipinski definition) is 1. The van der Waals surface area contributed by atoms with Crippen molar-refractivity contribution in [3.8, 4) is 0 Å². The molecule has 0 amide bonds. The van der Waals surface area contributed by atoms with E-state index in [2.05, 4.69) is 13.5 Å². The average Bonchev–Trinajstić information content (AvgIpc) is 1.89. The number of rotatable bonds is 5. The Balaban J connectivity index is 2.96. The van der Waals surface area contributed by atoms with Crippen molar-refractivity contribution >= 4 is 0 Å². The monoisotopic (exact) mass is 127 g/mol.